The van der Waals surface area contributed by atoms with E-state index in [0.717, 1.165) is 11.8 Å². The lowest BCUT2D eigenvalue weighted by Gasteiger charge is -2.23. The van der Waals surface area contributed by atoms with E-state index < -0.39 is 10.1 Å². The summed E-state index contributed by atoms with van der Waals surface area (Å²) < 4.78 is 37.9. The van der Waals surface area contributed by atoms with Crippen molar-refractivity contribution in [2.45, 2.75) is 6.54 Å². The molecule has 0 radical (unpaired) electrons. The van der Waals surface area contributed by atoms with Crippen LogP contribution in [-0.4, -0.2) is 52.9 Å². The lowest BCUT2D eigenvalue weighted by molar-refractivity contribution is 0.0677. The number of carbonyl (C=O) groups excluding carboxylic acids is 1. The van der Waals surface area contributed by atoms with Crippen LogP contribution in [0.25, 0.3) is 0 Å². The molecule has 146 valence electrons. The molecule has 8 heteroatoms. The minimum absolute atomic E-state index is 0.200. The lowest BCUT2D eigenvalue weighted by Crippen LogP contribution is -2.33. The smallest absolute Gasteiger partial charge is 0.306 e. The molecule has 2 aromatic carbocycles. The number of ether oxygens (including phenoxy) is 2. The van der Waals surface area contributed by atoms with Crippen molar-refractivity contribution in [2.24, 2.45) is 0 Å². The van der Waals surface area contributed by atoms with Gasteiger partial charge >= 0.3 is 10.1 Å². The average Bonchev–Trinajstić information content (AvgIpc) is 2.63. The number of hydrogen-bond donors (Lipinski definition) is 0. The highest BCUT2D eigenvalue weighted by Crippen LogP contribution is 2.22. The van der Waals surface area contributed by atoms with Crippen LogP contribution in [0.4, 0.5) is 0 Å². The molecular weight excluding hydrogens is 370 g/mol. The SMILES string of the molecule is COCCN(Cc1cccc(OS(C)(=O)=O)c1)C(=O)c1ccccc1OC. The zero-order valence-electron chi connectivity index (χ0n) is 15.5. The highest BCUT2D eigenvalue weighted by Gasteiger charge is 2.20. The second-order valence-electron chi connectivity index (χ2n) is 5.85. The Bertz CT molecular complexity index is 881. The van der Waals surface area contributed by atoms with Crippen molar-refractivity contribution >= 4 is 16.0 Å². The van der Waals surface area contributed by atoms with Crippen molar-refractivity contribution in [3.63, 3.8) is 0 Å². The van der Waals surface area contributed by atoms with Crippen LogP contribution in [0.3, 0.4) is 0 Å². The first-order valence-electron chi connectivity index (χ1n) is 8.23. The predicted octanol–water partition coefficient (Wildman–Crippen LogP) is 2.32. The Morgan fingerprint density at radius 2 is 1.81 bits per heavy atom. The van der Waals surface area contributed by atoms with Crippen molar-refractivity contribution in [3.8, 4) is 11.5 Å². The van der Waals surface area contributed by atoms with Gasteiger partial charge in [-0.05, 0) is 29.8 Å². The molecule has 0 atom stereocenters. The van der Waals surface area contributed by atoms with Gasteiger partial charge in [0.2, 0.25) is 0 Å². The van der Waals surface area contributed by atoms with Gasteiger partial charge in [-0.3, -0.25) is 4.79 Å². The third kappa shape index (κ3) is 6.26. The van der Waals surface area contributed by atoms with Crippen LogP contribution in [-0.2, 0) is 21.4 Å². The summed E-state index contributed by atoms with van der Waals surface area (Å²) >= 11 is 0. The van der Waals surface area contributed by atoms with Crippen LogP contribution < -0.4 is 8.92 Å². The summed E-state index contributed by atoms with van der Waals surface area (Å²) in [6.45, 7) is 0.992. The Labute approximate surface area is 159 Å². The molecule has 0 unspecified atom stereocenters. The molecule has 0 aromatic heterocycles. The number of rotatable bonds is 9. The summed E-state index contributed by atoms with van der Waals surface area (Å²) in [5, 5.41) is 0. The molecule has 0 N–H and O–H groups in total. The van der Waals surface area contributed by atoms with E-state index in [1.165, 1.54) is 7.11 Å². The third-order valence-electron chi connectivity index (χ3n) is 3.71. The molecule has 2 rings (SSSR count). The average molecular weight is 393 g/mol. The lowest BCUT2D eigenvalue weighted by atomic mass is 10.1. The maximum absolute atomic E-state index is 13.0. The van der Waals surface area contributed by atoms with Crippen LogP contribution in [0, 0.1) is 0 Å². The van der Waals surface area contributed by atoms with Crippen molar-refractivity contribution < 1.29 is 26.9 Å². The normalized spacial score (nSPS) is 11.1. The fourth-order valence-corrected chi connectivity index (χ4v) is 2.99. The molecule has 0 aliphatic carbocycles. The monoisotopic (exact) mass is 393 g/mol. The zero-order valence-corrected chi connectivity index (χ0v) is 16.4. The summed E-state index contributed by atoms with van der Waals surface area (Å²) in [7, 11) is -0.549. The molecule has 2 aromatic rings. The molecule has 0 aliphatic heterocycles. The predicted molar refractivity (Wildman–Crippen MR) is 102 cm³/mol. The Balaban J connectivity index is 2.26. The Morgan fingerprint density at radius 3 is 2.48 bits per heavy atom. The van der Waals surface area contributed by atoms with Crippen LogP contribution >= 0.6 is 0 Å². The number of carbonyl (C=O) groups is 1. The van der Waals surface area contributed by atoms with Crippen molar-refractivity contribution in [3.05, 3.63) is 59.7 Å². The first-order valence-corrected chi connectivity index (χ1v) is 10.1. The molecule has 0 spiro atoms. The van der Waals surface area contributed by atoms with Crippen LogP contribution in [0.2, 0.25) is 0 Å². The van der Waals surface area contributed by atoms with Gasteiger partial charge in [-0.1, -0.05) is 24.3 Å². The fraction of sp³-hybridized carbons (Fsp3) is 0.316. The summed E-state index contributed by atoms with van der Waals surface area (Å²) in [5.41, 5.74) is 1.18. The van der Waals surface area contributed by atoms with E-state index in [-0.39, 0.29) is 18.2 Å². The van der Waals surface area contributed by atoms with Crippen molar-refractivity contribution in [2.75, 3.05) is 33.6 Å². The maximum Gasteiger partial charge on any atom is 0.306 e. The van der Waals surface area contributed by atoms with Gasteiger partial charge in [-0.25, -0.2) is 0 Å². The van der Waals surface area contributed by atoms with Crippen LogP contribution in [0.5, 0.6) is 11.5 Å². The number of methoxy groups -OCH3 is 2. The van der Waals surface area contributed by atoms with E-state index in [9.17, 15) is 13.2 Å². The molecule has 0 saturated heterocycles. The van der Waals surface area contributed by atoms with Gasteiger partial charge in [0, 0.05) is 20.2 Å². The number of amides is 1. The molecule has 0 saturated carbocycles. The summed E-state index contributed by atoms with van der Waals surface area (Å²) in [6, 6.07) is 13.6. The molecule has 1 amide bonds. The van der Waals surface area contributed by atoms with E-state index in [1.807, 2.05) is 0 Å². The first-order chi connectivity index (χ1) is 12.8. The summed E-state index contributed by atoms with van der Waals surface area (Å²) in [5.74, 6) is 0.476. The van der Waals surface area contributed by atoms with E-state index in [1.54, 1.807) is 60.5 Å². The van der Waals surface area contributed by atoms with Gasteiger partial charge in [0.05, 0.1) is 25.5 Å². The highest BCUT2D eigenvalue weighted by molar-refractivity contribution is 7.86. The minimum atomic E-state index is -3.62. The van der Waals surface area contributed by atoms with Gasteiger partial charge < -0.3 is 18.6 Å². The Hall–Kier alpha value is -2.58. The number of nitrogens with zero attached hydrogens (tertiary/aromatic N) is 1. The van der Waals surface area contributed by atoms with Gasteiger partial charge in [0.15, 0.2) is 0 Å². The van der Waals surface area contributed by atoms with Crippen LogP contribution in [0.1, 0.15) is 15.9 Å². The van der Waals surface area contributed by atoms with Gasteiger partial charge in [0.1, 0.15) is 11.5 Å². The molecule has 0 bridgehead atoms. The fourth-order valence-electron chi connectivity index (χ4n) is 2.54. The minimum Gasteiger partial charge on any atom is -0.496 e. The number of benzene rings is 2. The second-order valence-corrected chi connectivity index (χ2v) is 7.43. The second kappa shape index (κ2) is 9.38. The van der Waals surface area contributed by atoms with E-state index >= 15 is 0 Å². The molecule has 0 fully saturated rings. The third-order valence-corrected chi connectivity index (χ3v) is 4.20. The molecule has 7 nitrogen and oxygen atoms in total. The van der Waals surface area contributed by atoms with E-state index in [4.69, 9.17) is 13.7 Å². The van der Waals surface area contributed by atoms with Crippen molar-refractivity contribution in [1.82, 2.24) is 4.90 Å². The Morgan fingerprint density at radius 1 is 1.07 bits per heavy atom. The number of hydrogen-bond acceptors (Lipinski definition) is 6. The van der Waals surface area contributed by atoms with E-state index in [2.05, 4.69) is 0 Å². The standard InChI is InChI=1S/C19H23NO6S/c1-24-12-11-20(19(21)17-9-4-5-10-18(17)25-2)14-15-7-6-8-16(13-15)26-27(3,22)23/h4-10,13H,11-12,14H2,1-3H3. The maximum atomic E-state index is 13.0. The Kier molecular flexibility index (Phi) is 7.20. The van der Waals surface area contributed by atoms with Crippen LogP contribution in [0.15, 0.2) is 48.5 Å². The first kappa shape index (κ1) is 20.7. The number of para-hydroxylation sites is 1. The molecule has 0 aliphatic rings. The molecule has 27 heavy (non-hydrogen) atoms. The van der Waals surface area contributed by atoms with E-state index in [0.29, 0.717) is 24.5 Å². The van der Waals surface area contributed by atoms with Crippen molar-refractivity contribution in [1.29, 1.82) is 0 Å². The largest absolute Gasteiger partial charge is 0.496 e. The highest BCUT2D eigenvalue weighted by atomic mass is 32.2. The van der Waals surface area contributed by atoms with Gasteiger partial charge in [-0.2, -0.15) is 8.42 Å². The van der Waals surface area contributed by atoms with Gasteiger partial charge in [0.25, 0.3) is 5.91 Å². The topological polar surface area (TPSA) is 82.1 Å². The quantitative estimate of drug-likeness (QED) is 0.608. The zero-order chi connectivity index (χ0) is 19.9. The summed E-state index contributed by atoms with van der Waals surface area (Å²) in [6.07, 6.45) is 0.982. The molecular formula is C19H23NO6S. The molecule has 0 heterocycles. The summed E-state index contributed by atoms with van der Waals surface area (Å²) in [4.78, 5) is 14.6. The van der Waals surface area contributed by atoms with Gasteiger partial charge in [-0.15, -0.1) is 0 Å².